The number of amides is 4. The van der Waals surface area contributed by atoms with E-state index in [1.165, 1.54) is 88.6 Å². The molecule has 11 N–H and O–H groups in total. The zero-order valence-electron chi connectivity index (χ0n) is 55.7. The molecule has 17 nitrogen and oxygen atoms in total. The van der Waals surface area contributed by atoms with E-state index in [4.69, 9.17) is 21.7 Å². The number of hydrogen-bond acceptors (Lipinski definition) is 11. The fourth-order valence-corrected chi connectivity index (χ4v) is 8.69. The monoisotopic (exact) mass is 1640 g/mol. The molecule has 4 amide bonds. The van der Waals surface area contributed by atoms with Gasteiger partial charge >= 0.3 is 48.3 Å². The number of carbonyl (C=O) groups is 4. The number of nitrogens with zero attached hydrogens (tertiary/aromatic N) is 4. The number of rotatable bonds is 12. The van der Waals surface area contributed by atoms with Crippen molar-refractivity contribution in [2.45, 2.75) is 188 Å². The first-order valence-electron chi connectivity index (χ1n) is 30.4. The Bertz CT molecular complexity index is 3830. The van der Waals surface area contributed by atoms with E-state index < -0.39 is 72.5 Å². The number of aromatic nitrogens is 4. The fraction of sp³-hybridized carbons (Fsp3) is 0.387. The van der Waals surface area contributed by atoms with Crippen molar-refractivity contribution in [1.29, 1.82) is 0 Å². The van der Waals surface area contributed by atoms with Crippen LogP contribution in [0.4, 0.5) is 52.7 Å². The van der Waals surface area contributed by atoms with Crippen LogP contribution in [0.1, 0.15) is 192 Å². The molecule has 8 aromatic rings. The summed E-state index contributed by atoms with van der Waals surface area (Å²) in [7, 11) is 0. The average molecular weight is 1640 g/mol. The van der Waals surface area contributed by atoms with Gasteiger partial charge < -0.3 is 48.1 Å². The Morgan fingerprint density at radius 1 is 0.425 bits per heavy atom. The lowest BCUT2D eigenvalue weighted by atomic mass is 10.0. The summed E-state index contributed by atoms with van der Waals surface area (Å²) >= 11 is 6.34. The number of alkyl halides is 12. The van der Waals surface area contributed by atoms with Crippen molar-refractivity contribution >= 4 is 55.5 Å². The van der Waals surface area contributed by atoms with Crippen molar-refractivity contribution in [2.24, 2.45) is 17.4 Å². The van der Waals surface area contributed by atoms with Crippen LogP contribution in [-0.4, -0.2) is 83.2 Å². The number of phenolic OH excluding ortho intramolecular Hbond substituents is 3. The molecule has 0 saturated heterocycles. The molecule has 2 heterocycles. The molecule has 0 spiro atoms. The van der Waals surface area contributed by atoms with E-state index in [0.29, 0.717) is 26.7 Å². The molecular weight excluding hydrogens is 1540 g/mol. The normalized spacial score (nSPS) is 12.8. The molecule has 1 fully saturated rings. The Hall–Kier alpha value is -8.94. The van der Waals surface area contributed by atoms with E-state index in [1.807, 2.05) is 61.3 Å². The SMILES string of the molecule is C.C.C.C.C.C.CC1CC1.C[C@@H](N)c1cccc(O)c1.C[C@@H](NC(=O)C(F)(F)F)c1ccc(Br)c(O)c1.C[C@@H](NC(=O)C(F)(F)F)c1cccc(O)c1.Cc1cc([C@@H](C)N)ccc1-n1cccn1.Cc1cc([C@@H](C)NC(=O)C(F)(F)F)ccc1-n1cccn1.Cc1cc([C@@H](C)NC(=O)C(F)(F)F)ccc1Br. The minimum absolute atomic E-state index is 0. The van der Waals surface area contributed by atoms with Gasteiger partial charge in [-0.15, -0.1) is 0 Å². The topological polar surface area (TPSA) is 265 Å². The molecular formula is C75H102Br2F12N10O7. The van der Waals surface area contributed by atoms with Crippen molar-refractivity contribution in [3.05, 3.63) is 217 Å². The molecule has 31 heteroatoms. The molecule has 6 atom stereocenters. The second-order valence-corrected chi connectivity index (χ2v) is 24.6. The summed E-state index contributed by atoms with van der Waals surface area (Å²) in [6.45, 7) is 17.7. The molecule has 2 aromatic heterocycles. The van der Waals surface area contributed by atoms with Gasteiger partial charge in [-0.2, -0.15) is 62.9 Å². The van der Waals surface area contributed by atoms with Crippen LogP contribution in [0.5, 0.6) is 17.2 Å². The summed E-state index contributed by atoms with van der Waals surface area (Å²) in [6, 6.07) is 34.1. The lowest BCUT2D eigenvalue weighted by Crippen LogP contribution is -2.38. The number of halogens is 14. The third-order valence-corrected chi connectivity index (χ3v) is 15.7. The Morgan fingerprint density at radius 3 is 0.972 bits per heavy atom. The van der Waals surface area contributed by atoms with Gasteiger partial charge in [0.05, 0.1) is 40.0 Å². The van der Waals surface area contributed by atoms with Gasteiger partial charge in [0.1, 0.15) is 17.2 Å². The minimum atomic E-state index is -4.91. The Kier molecular flexibility index (Phi) is 45.7. The van der Waals surface area contributed by atoms with Crippen LogP contribution in [0, 0.1) is 26.7 Å². The van der Waals surface area contributed by atoms with Crippen molar-refractivity contribution in [3.63, 3.8) is 0 Å². The maximum atomic E-state index is 12.2. The van der Waals surface area contributed by atoms with Crippen molar-refractivity contribution < 1.29 is 87.2 Å². The van der Waals surface area contributed by atoms with E-state index in [0.717, 1.165) is 44.0 Å². The number of nitrogens with one attached hydrogen (secondary N) is 4. The molecule has 0 aliphatic heterocycles. The summed E-state index contributed by atoms with van der Waals surface area (Å²) < 4.78 is 149. The zero-order chi connectivity index (χ0) is 75.8. The smallest absolute Gasteiger partial charge is 0.471 e. The van der Waals surface area contributed by atoms with Crippen LogP contribution in [0.25, 0.3) is 11.4 Å². The third-order valence-electron chi connectivity index (χ3n) is 14.2. The van der Waals surface area contributed by atoms with Crippen LogP contribution in [-0.2, 0) is 19.2 Å². The standard InChI is InChI=1S/C14H14F3N3O.C12H15N3.C11H11BrF3NO.C10H9BrF3NO2.C10H10F3NO2.C8H11NO.C4H8.6CH4/c1-9-8-11(10(2)19-13(21)14(15,16)17)4-5-12(9)20-7-3-6-18-20;1-9-8-11(10(2)13)4-5-12(9)15-7-3-6-14-15;1-6-5-8(3-4-9(6)12)7(2)16-10(17)11(13,14)15;1-5(15-9(17)10(12,13)14)6-2-3-7(11)8(16)4-6;1-6(14-9(16)10(11,12)13)7-3-2-4-8(15)5-7;1-6(9)7-3-2-4-8(10)5-7;1-4-2-3-4;;;;;;/h3-8,10H,1-2H3,(H,19,21);3-8,10H,13H2,1-2H3;3-5,7H,1-2H3,(H,16,17);2-5,16H,1H3,(H,15,17);2-6,15H,1H3,(H,14,16);2-6,10H,9H2,1H3;4H,2-3H2,1H3;6*1H4/t2*10-;7-;5-;2*6-;;;;;;;/m111111......./s1. The summed E-state index contributed by atoms with van der Waals surface area (Å²) in [6.07, 6.45) is -9.43. The number of carbonyl (C=O) groups excluding carboxylic acids is 4. The highest BCUT2D eigenvalue weighted by atomic mass is 79.9. The first-order chi connectivity index (χ1) is 46.3. The molecule has 9 rings (SSSR count). The number of aryl methyl sites for hydroxylation is 3. The number of benzene rings is 6. The second kappa shape index (κ2) is 46.9. The van der Waals surface area contributed by atoms with Gasteiger partial charge in [-0.05, 0) is 201 Å². The third kappa shape index (κ3) is 36.4. The first kappa shape index (κ1) is 103. The lowest BCUT2D eigenvalue weighted by Gasteiger charge is -2.17. The fourth-order valence-electron chi connectivity index (χ4n) is 8.20. The Labute approximate surface area is 631 Å². The van der Waals surface area contributed by atoms with E-state index in [2.05, 4.69) is 74.1 Å². The Morgan fingerprint density at radius 2 is 0.698 bits per heavy atom. The Balaban J connectivity index is -0.000000580. The van der Waals surface area contributed by atoms with Gasteiger partial charge in [0.25, 0.3) is 0 Å². The summed E-state index contributed by atoms with van der Waals surface area (Å²) in [4.78, 5) is 43.0. The van der Waals surface area contributed by atoms with Crippen LogP contribution >= 0.6 is 31.9 Å². The van der Waals surface area contributed by atoms with Crippen molar-refractivity contribution in [1.82, 2.24) is 40.8 Å². The van der Waals surface area contributed by atoms with E-state index in [1.54, 1.807) is 94.6 Å². The molecule has 0 bridgehead atoms. The number of aromatic hydroxyl groups is 3. The van der Waals surface area contributed by atoms with Crippen LogP contribution in [0.3, 0.4) is 0 Å². The summed E-state index contributed by atoms with van der Waals surface area (Å²) in [5, 5.41) is 43.2. The molecule has 592 valence electrons. The van der Waals surface area contributed by atoms with Gasteiger partial charge in [0, 0.05) is 41.3 Å². The predicted octanol–water partition coefficient (Wildman–Crippen LogP) is 20.3. The molecule has 106 heavy (non-hydrogen) atoms. The maximum absolute atomic E-state index is 12.2. The quantitative estimate of drug-likeness (QED) is 0.0519. The highest BCUT2D eigenvalue weighted by Gasteiger charge is 2.42. The zero-order valence-corrected chi connectivity index (χ0v) is 58.8. The van der Waals surface area contributed by atoms with E-state index in [9.17, 15) is 77.0 Å². The highest BCUT2D eigenvalue weighted by Crippen LogP contribution is 2.30. The van der Waals surface area contributed by atoms with Gasteiger partial charge in [-0.3, -0.25) is 19.2 Å². The van der Waals surface area contributed by atoms with Crippen molar-refractivity contribution in [3.8, 4) is 28.6 Å². The van der Waals surface area contributed by atoms with Crippen LogP contribution in [0.2, 0.25) is 0 Å². The number of phenols is 3. The summed E-state index contributed by atoms with van der Waals surface area (Å²) in [5.41, 5.74) is 20.4. The van der Waals surface area contributed by atoms with E-state index >= 15 is 0 Å². The predicted molar refractivity (Wildman–Crippen MR) is 402 cm³/mol. The molecule has 1 aliphatic rings. The van der Waals surface area contributed by atoms with Crippen molar-refractivity contribution in [2.75, 3.05) is 0 Å². The first-order valence-corrected chi connectivity index (χ1v) is 31.9. The van der Waals surface area contributed by atoms with Gasteiger partial charge in [-0.25, -0.2) is 9.36 Å². The molecule has 0 radical (unpaired) electrons. The number of nitrogens with two attached hydrogens (primary N) is 2. The number of hydrogen-bond donors (Lipinski definition) is 9. The minimum Gasteiger partial charge on any atom is -0.508 e. The maximum Gasteiger partial charge on any atom is 0.471 e. The van der Waals surface area contributed by atoms with Crippen LogP contribution < -0.4 is 32.7 Å². The molecule has 1 aliphatic carbocycles. The largest absolute Gasteiger partial charge is 0.508 e. The van der Waals surface area contributed by atoms with Gasteiger partial charge in [0.15, 0.2) is 0 Å². The highest BCUT2D eigenvalue weighted by molar-refractivity contribution is 9.10. The van der Waals surface area contributed by atoms with E-state index in [-0.39, 0.29) is 73.9 Å². The molecule has 1 saturated carbocycles. The lowest BCUT2D eigenvalue weighted by molar-refractivity contribution is -0.174. The van der Waals surface area contributed by atoms with Crippen LogP contribution in [0.15, 0.2) is 167 Å². The average Bonchev–Trinajstić information content (AvgIpc) is 1.46. The summed E-state index contributed by atoms with van der Waals surface area (Å²) in [5.74, 6) is -6.68. The molecule has 6 aromatic carbocycles. The molecule has 0 unspecified atom stereocenters. The van der Waals surface area contributed by atoms with Gasteiger partial charge in [-0.1, -0.05) is 147 Å². The van der Waals surface area contributed by atoms with Gasteiger partial charge in [0.2, 0.25) is 0 Å². The second-order valence-electron chi connectivity index (χ2n) is 22.9.